The van der Waals surface area contributed by atoms with E-state index in [1.165, 1.54) is 11.8 Å². The molecule has 10 N–H and O–H groups in total. The van der Waals surface area contributed by atoms with Crippen LogP contribution in [0.2, 0.25) is 0 Å². The first-order chi connectivity index (χ1) is 16.3. The fourth-order valence-corrected chi connectivity index (χ4v) is 3.62. The lowest BCUT2D eigenvalue weighted by atomic mass is 9.96. The number of guanidine groups is 1. The van der Waals surface area contributed by atoms with Crippen LogP contribution in [-0.4, -0.2) is 77.5 Å². The van der Waals surface area contributed by atoms with Crippen molar-refractivity contribution in [1.82, 2.24) is 16.0 Å². The highest BCUT2D eigenvalue weighted by Gasteiger charge is 2.33. The molecule has 0 radical (unpaired) electrons. The van der Waals surface area contributed by atoms with Gasteiger partial charge in [-0.3, -0.25) is 19.4 Å². The molecule has 0 rings (SSSR count). The quantitative estimate of drug-likeness (QED) is 0.0740. The zero-order valence-corrected chi connectivity index (χ0v) is 22.2. The van der Waals surface area contributed by atoms with Crippen molar-refractivity contribution in [1.29, 1.82) is 0 Å². The van der Waals surface area contributed by atoms with Crippen molar-refractivity contribution < 1.29 is 24.3 Å². The topological polar surface area (TPSA) is 215 Å². The Morgan fingerprint density at radius 2 is 1.54 bits per heavy atom. The van der Waals surface area contributed by atoms with Crippen LogP contribution in [0, 0.1) is 11.8 Å². The van der Waals surface area contributed by atoms with E-state index in [1.807, 2.05) is 13.2 Å². The minimum Gasteiger partial charge on any atom is -0.480 e. The van der Waals surface area contributed by atoms with Crippen LogP contribution in [0.5, 0.6) is 0 Å². The standard InChI is InChI=1S/C22H43N7O5S/c1-6-13(4)17(20(32)28-16(12(2)3)21(33)34)29-19(31)15(9-11-35-5)27-18(30)14(23)8-7-10-26-22(24)25/h12-17H,6-11,23H2,1-5H3,(H,27,30)(H,28,32)(H,29,31)(H,33,34)(H4,24,25,26). The monoisotopic (exact) mass is 517 g/mol. The number of hydrogen-bond donors (Lipinski definition) is 7. The van der Waals surface area contributed by atoms with E-state index in [9.17, 15) is 24.3 Å². The van der Waals surface area contributed by atoms with Gasteiger partial charge in [-0.1, -0.05) is 34.1 Å². The summed E-state index contributed by atoms with van der Waals surface area (Å²) in [6.07, 6.45) is 3.59. The zero-order valence-electron chi connectivity index (χ0n) is 21.4. The number of rotatable bonds is 17. The van der Waals surface area contributed by atoms with Crippen LogP contribution in [0.3, 0.4) is 0 Å². The normalized spacial score (nSPS) is 15.3. The Hall–Kier alpha value is -2.54. The van der Waals surface area contributed by atoms with Crippen molar-refractivity contribution in [3.63, 3.8) is 0 Å². The third-order valence-electron chi connectivity index (χ3n) is 5.57. The van der Waals surface area contributed by atoms with Gasteiger partial charge in [0.15, 0.2) is 5.96 Å². The second-order valence-corrected chi connectivity index (χ2v) is 9.82. The molecule has 0 aromatic rings. The van der Waals surface area contributed by atoms with Gasteiger partial charge in [-0.05, 0) is 43.1 Å². The third kappa shape index (κ3) is 12.6. The maximum absolute atomic E-state index is 13.1. The van der Waals surface area contributed by atoms with Crippen molar-refractivity contribution >= 4 is 41.4 Å². The molecule has 12 nitrogen and oxygen atoms in total. The molecule has 0 aliphatic rings. The summed E-state index contributed by atoms with van der Waals surface area (Å²) in [5, 5.41) is 17.3. The summed E-state index contributed by atoms with van der Waals surface area (Å²) in [6, 6.07) is -3.81. The van der Waals surface area contributed by atoms with E-state index in [2.05, 4.69) is 20.9 Å². The molecule has 0 bridgehead atoms. The summed E-state index contributed by atoms with van der Waals surface area (Å²) >= 11 is 1.51. The number of aliphatic imine (C=N–C) groups is 1. The van der Waals surface area contributed by atoms with Gasteiger partial charge in [-0.25, -0.2) is 4.79 Å². The Balaban J connectivity index is 5.39. The first kappa shape index (κ1) is 32.5. The van der Waals surface area contributed by atoms with Gasteiger partial charge in [-0.15, -0.1) is 0 Å². The molecule has 0 aliphatic carbocycles. The lowest BCUT2D eigenvalue weighted by Crippen LogP contribution is -2.59. The largest absolute Gasteiger partial charge is 0.480 e. The fourth-order valence-electron chi connectivity index (χ4n) is 3.15. The molecule has 0 saturated carbocycles. The molecule has 13 heteroatoms. The fraction of sp³-hybridized carbons (Fsp3) is 0.773. The predicted octanol–water partition coefficient (Wildman–Crippen LogP) is -0.638. The molecule has 0 fully saturated rings. The number of carbonyl (C=O) groups is 4. The van der Waals surface area contributed by atoms with Crippen molar-refractivity contribution in [2.45, 2.75) is 77.5 Å². The summed E-state index contributed by atoms with van der Waals surface area (Å²) in [6.45, 7) is 7.36. The molecule has 3 amide bonds. The molecule has 0 heterocycles. The van der Waals surface area contributed by atoms with Gasteiger partial charge in [0, 0.05) is 6.54 Å². The molecule has 0 aliphatic heterocycles. The van der Waals surface area contributed by atoms with Crippen LogP contribution in [0.1, 0.15) is 53.4 Å². The lowest BCUT2D eigenvalue weighted by molar-refractivity contribution is -0.144. The van der Waals surface area contributed by atoms with Crippen molar-refractivity contribution in [3.8, 4) is 0 Å². The number of amides is 3. The van der Waals surface area contributed by atoms with Crippen molar-refractivity contribution in [2.24, 2.45) is 34.0 Å². The first-order valence-electron chi connectivity index (χ1n) is 11.8. The van der Waals surface area contributed by atoms with Crippen LogP contribution in [-0.2, 0) is 19.2 Å². The average Bonchev–Trinajstić information content (AvgIpc) is 2.79. The Bertz CT molecular complexity index is 731. The first-order valence-corrected chi connectivity index (χ1v) is 13.2. The second-order valence-electron chi connectivity index (χ2n) is 8.84. The van der Waals surface area contributed by atoms with E-state index < -0.39 is 47.9 Å². The predicted molar refractivity (Wildman–Crippen MR) is 139 cm³/mol. The summed E-state index contributed by atoms with van der Waals surface area (Å²) in [5.41, 5.74) is 16.5. The summed E-state index contributed by atoms with van der Waals surface area (Å²) < 4.78 is 0. The van der Waals surface area contributed by atoms with E-state index >= 15 is 0 Å². The second kappa shape index (κ2) is 17.0. The number of aliphatic carboxylic acids is 1. The van der Waals surface area contributed by atoms with Crippen molar-refractivity contribution in [2.75, 3.05) is 18.6 Å². The van der Waals surface area contributed by atoms with Gasteiger partial charge in [0.05, 0.1) is 6.04 Å². The Morgan fingerprint density at radius 3 is 2.03 bits per heavy atom. The highest BCUT2D eigenvalue weighted by molar-refractivity contribution is 7.98. The van der Waals surface area contributed by atoms with Crippen LogP contribution in [0.25, 0.3) is 0 Å². The summed E-state index contributed by atoms with van der Waals surface area (Å²) in [7, 11) is 0. The minimum absolute atomic E-state index is 0.0419. The zero-order chi connectivity index (χ0) is 27.1. The highest BCUT2D eigenvalue weighted by Crippen LogP contribution is 2.12. The molecule has 5 atom stereocenters. The van der Waals surface area contributed by atoms with E-state index in [0.717, 1.165) is 0 Å². The molecule has 5 unspecified atom stereocenters. The number of hydrogen-bond acceptors (Lipinski definition) is 7. The SMILES string of the molecule is CCC(C)C(NC(=O)C(CCSC)NC(=O)C(N)CCCN=C(N)N)C(=O)NC(C(=O)O)C(C)C. The Morgan fingerprint density at radius 1 is 0.943 bits per heavy atom. The molecule has 202 valence electrons. The van der Waals surface area contributed by atoms with E-state index in [1.54, 1.807) is 20.8 Å². The third-order valence-corrected chi connectivity index (χ3v) is 6.22. The molecule has 0 saturated heterocycles. The van der Waals surface area contributed by atoms with Gasteiger partial charge in [0.25, 0.3) is 0 Å². The van der Waals surface area contributed by atoms with Gasteiger partial charge in [0.2, 0.25) is 17.7 Å². The Labute approximate surface area is 212 Å². The number of carboxylic acids is 1. The number of carboxylic acid groups (broad SMARTS) is 1. The number of nitrogens with two attached hydrogens (primary N) is 3. The molecular formula is C22H43N7O5S. The van der Waals surface area contributed by atoms with E-state index in [4.69, 9.17) is 17.2 Å². The van der Waals surface area contributed by atoms with Gasteiger partial charge in [0.1, 0.15) is 18.1 Å². The number of carbonyl (C=O) groups excluding carboxylic acids is 3. The highest BCUT2D eigenvalue weighted by atomic mass is 32.2. The maximum atomic E-state index is 13.1. The molecule has 35 heavy (non-hydrogen) atoms. The van der Waals surface area contributed by atoms with Crippen LogP contribution in [0.4, 0.5) is 0 Å². The maximum Gasteiger partial charge on any atom is 0.326 e. The van der Waals surface area contributed by atoms with E-state index in [-0.39, 0.29) is 17.8 Å². The van der Waals surface area contributed by atoms with Gasteiger partial charge >= 0.3 is 5.97 Å². The lowest BCUT2D eigenvalue weighted by Gasteiger charge is -2.28. The average molecular weight is 518 g/mol. The molecule has 0 aromatic heterocycles. The molecular weight excluding hydrogens is 474 g/mol. The minimum atomic E-state index is -1.15. The number of nitrogens with zero attached hydrogens (tertiary/aromatic N) is 1. The summed E-state index contributed by atoms with van der Waals surface area (Å²) in [4.78, 5) is 54.0. The smallest absolute Gasteiger partial charge is 0.326 e. The van der Waals surface area contributed by atoms with Crippen LogP contribution < -0.4 is 33.2 Å². The van der Waals surface area contributed by atoms with E-state index in [0.29, 0.717) is 38.0 Å². The van der Waals surface area contributed by atoms with Crippen molar-refractivity contribution in [3.05, 3.63) is 0 Å². The Kier molecular flexibility index (Phi) is 15.7. The summed E-state index contributed by atoms with van der Waals surface area (Å²) in [5.74, 6) is -2.82. The van der Waals surface area contributed by atoms with Gasteiger partial charge < -0.3 is 38.3 Å². The van der Waals surface area contributed by atoms with Crippen LogP contribution >= 0.6 is 11.8 Å². The molecule has 0 aromatic carbocycles. The van der Waals surface area contributed by atoms with Gasteiger partial charge in [-0.2, -0.15) is 11.8 Å². The number of nitrogens with one attached hydrogen (secondary N) is 3. The van der Waals surface area contributed by atoms with Crippen LogP contribution in [0.15, 0.2) is 4.99 Å². The molecule has 0 spiro atoms. The number of thioether (sulfide) groups is 1.